The summed E-state index contributed by atoms with van der Waals surface area (Å²) in [5.41, 5.74) is 7.52. The summed E-state index contributed by atoms with van der Waals surface area (Å²) in [6.45, 7) is 2.98. The summed E-state index contributed by atoms with van der Waals surface area (Å²) in [7, 11) is 0. The van der Waals surface area contributed by atoms with E-state index in [1.54, 1.807) is 18.2 Å². The molecule has 2 aromatic carbocycles. The van der Waals surface area contributed by atoms with Crippen LogP contribution in [0.1, 0.15) is 12.5 Å². The number of benzene rings is 2. The van der Waals surface area contributed by atoms with E-state index in [1.807, 2.05) is 37.4 Å². The van der Waals surface area contributed by atoms with Gasteiger partial charge in [0.2, 0.25) is 0 Å². The van der Waals surface area contributed by atoms with Gasteiger partial charge in [-0.05, 0) is 37.3 Å². The van der Waals surface area contributed by atoms with E-state index in [2.05, 4.69) is 4.57 Å². The highest BCUT2D eigenvalue weighted by atomic mass is 19.1. The van der Waals surface area contributed by atoms with Crippen LogP contribution in [0.5, 0.6) is 5.75 Å². The smallest absolute Gasteiger partial charge is 0.129 e. The van der Waals surface area contributed by atoms with Crippen LogP contribution in [-0.2, 0) is 13.2 Å². The van der Waals surface area contributed by atoms with Gasteiger partial charge < -0.3 is 15.0 Å². The lowest BCUT2D eigenvalue weighted by Gasteiger charge is -2.10. The van der Waals surface area contributed by atoms with E-state index in [0.717, 1.165) is 23.2 Å². The first-order valence-corrected chi connectivity index (χ1v) is 7.34. The van der Waals surface area contributed by atoms with Crippen molar-refractivity contribution in [1.82, 2.24) is 4.57 Å². The molecule has 2 N–H and O–H groups in total. The summed E-state index contributed by atoms with van der Waals surface area (Å²) in [5.74, 6) is 0.487. The lowest BCUT2D eigenvalue weighted by Crippen LogP contribution is -2.21. The average Bonchev–Trinajstić information content (AvgIpc) is 2.88. The SMILES string of the molecule is C[C@@H](N)Cn1ccc2cc(OCc3ccccc3F)ccc21. The maximum absolute atomic E-state index is 13.6. The Kier molecular flexibility index (Phi) is 4.11. The average molecular weight is 298 g/mol. The molecule has 3 aromatic rings. The van der Waals surface area contributed by atoms with E-state index in [1.165, 1.54) is 6.07 Å². The summed E-state index contributed by atoms with van der Waals surface area (Å²) < 4.78 is 21.4. The van der Waals surface area contributed by atoms with Crippen LogP contribution in [0.3, 0.4) is 0 Å². The fourth-order valence-corrected chi connectivity index (χ4v) is 2.51. The van der Waals surface area contributed by atoms with Gasteiger partial charge >= 0.3 is 0 Å². The number of nitrogens with two attached hydrogens (primary N) is 1. The van der Waals surface area contributed by atoms with Crippen LogP contribution in [0.25, 0.3) is 10.9 Å². The molecule has 0 fully saturated rings. The number of ether oxygens (including phenoxy) is 1. The molecule has 114 valence electrons. The van der Waals surface area contributed by atoms with E-state index in [4.69, 9.17) is 10.5 Å². The van der Waals surface area contributed by atoms with Crippen molar-refractivity contribution in [3.05, 3.63) is 66.1 Å². The fourth-order valence-electron chi connectivity index (χ4n) is 2.51. The second kappa shape index (κ2) is 6.20. The fraction of sp³-hybridized carbons (Fsp3) is 0.222. The normalized spacial score (nSPS) is 12.5. The number of halogens is 1. The van der Waals surface area contributed by atoms with Gasteiger partial charge in [-0.1, -0.05) is 18.2 Å². The minimum atomic E-state index is -0.244. The maximum Gasteiger partial charge on any atom is 0.129 e. The Bertz CT molecular complexity index is 780. The molecule has 0 aliphatic carbocycles. The number of hydrogen-bond acceptors (Lipinski definition) is 2. The van der Waals surface area contributed by atoms with Crippen molar-refractivity contribution in [2.45, 2.75) is 26.1 Å². The molecule has 4 heteroatoms. The third kappa shape index (κ3) is 3.12. The van der Waals surface area contributed by atoms with E-state index < -0.39 is 0 Å². The lowest BCUT2D eigenvalue weighted by molar-refractivity contribution is 0.300. The lowest BCUT2D eigenvalue weighted by atomic mass is 10.2. The Hall–Kier alpha value is -2.33. The van der Waals surface area contributed by atoms with Crippen LogP contribution in [0.2, 0.25) is 0 Å². The zero-order valence-corrected chi connectivity index (χ0v) is 12.5. The zero-order chi connectivity index (χ0) is 15.5. The van der Waals surface area contributed by atoms with Gasteiger partial charge in [0.05, 0.1) is 0 Å². The molecule has 0 saturated carbocycles. The first kappa shape index (κ1) is 14.6. The van der Waals surface area contributed by atoms with E-state index in [9.17, 15) is 4.39 Å². The Morgan fingerprint density at radius 3 is 2.77 bits per heavy atom. The highest BCUT2D eigenvalue weighted by molar-refractivity contribution is 5.81. The molecular weight excluding hydrogens is 279 g/mol. The third-order valence-electron chi connectivity index (χ3n) is 3.58. The highest BCUT2D eigenvalue weighted by Crippen LogP contribution is 2.23. The standard InChI is InChI=1S/C18H19FN2O/c1-13(20)11-21-9-8-14-10-16(6-7-18(14)21)22-12-15-4-2-3-5-17(15)19/h2-10,13H,11-12,20H2,1H3/t13-/m1/s1. The Morgan fingerprint density at radius 1 is 1.18 bits per heavy atom. The largest absolute Gasteiger partial charge is 0.489 e. The molecule has 1 atom stereocenters. The van der Waals surface area contributed by atoms with Gasteiger partial charge in [0, 0.05) is 35.2 Å². The van der Waals surface area contributed by atoms with Gasteiger partial charge in [-0.25, -0.2) is 4.39 Å². The second-order valence-corrected chi connectivity index (χ2v) is 5.55. The molecule has 0 radical (unpaired) electrons. The first-order chi connectivity index (χ1) is 10.6. The van der Waals surface area contributed by atoms with Crippen molar-refractivity contribution < 1.29 is 9.13 Å². The van der Waals surface area contributed by atoms with Gasteiger partial charge in [-0.2, -0.15) is 0 Å². The Morgan fingerprint density at radius 2 is 2.00 bits per heavy atom. The predicted molar refractivity (Wildman–Crippen MR) is 86.3 cm³/mol. The van der Waals surface area contributed by atoms with Gasteiger partial charge in [0.1, 0.15) is 18.2 Å². The Balaban J connectivity index is 1.77. The molecule has 3 nitrogen and oxygen atoms in total. The van der Waals surface area contributed by atoms with Gasteiger partial charge in [-0.3, -0.25) is 0 Å². The highest BCUT2D eigenvalue weighted by Gasteiger charge is 2.06. The van der Waals surface area contributed by atoms with Crippen molar-refractivity contribution in [2.24, 2.45) is 5.73 Å². The van der Waals surface area contributed by atoms with Crippen LogP contribution >= 0.6 is 0 Å². The minimum Gasteiger partial charge on any atom is -0.489 e. The molecule has 22 heavy (non-hydrogen) atoms. The summed E-state index contributed by atoms with van der Waals surface area (Å²) in [4.78, 5) is 0. The Labute approximate surface area is 129 Å². The summed E-state index contributed by atoms with van der Waals surface area (Å²) in [5, 5.41) is 1.09. The molecule has 0 bridgehead atoms. The van der Waals surface area contributed by atoms with Crippen molar-refractivity contribution in [2.75, 3.05) is 0 Å². The van der Waals surface area contributed by atoms with E-state index >= 15 is 0 Å². The summed E-state index contributed by atoms with van der Waals surface area (Å²) in [6.07, 6.45) is 2.02. The number of aromatic nitrogens is 1. The molecule has 0 saturated heterocycles. The molecule has 0 spiro atoms. The van der Waals surface area contributed by atoms with Crippen molar-refractivity contribution >= 4 is 10.9 Å². The number of fused-ring (bicyclic) bond motifs is 1. The summed E-state index contributed by atoms with van der Waals surface area (Å²) in [6, 6.07) is 14.7. The van der Waals surface area contributed by atoms with Crippen LogP contribution in [0.4, 0.5) is 4.39 Å². The van der Waals surface area contributed by atoms with E-state index in [-0.39, 0.29) is 18.5 Å². The van der Waals surface area contributed by atoms with Crippen LogP contribution < -0.4 is 10.5 Å². The molecule has 0 unspecified atom stereocenters. The quantitative estimate of drug-likeness (QED) is 0.780. The van der Waals surface area contributed by atoms with Crippen LogP contribution in [0.15, 0.2) is 54.7 Å². The molecule has 1 heterocycles. The number of hydrogen-bond donors (Lipinski definition) is 1. The van der Waals surface area contributed by atoms with E-state index in [0.29, 0.717) is 5.56 Å². The van der Waals surface area contributed by atoms with Crippen LogP contribution in [0, 0.1) is 5.82 Å². The molecule has 3 rings (SSSR count). The second-order valence-electron chi connectivity index (χ2n) is 5.55. The molecule has 0 aliphatic rings. The first-order valence-electron chi connectivity index (χ1n) is 7.34. The monoisotopic (exact) mass is 298 g/mol. The third-order valence-corrected chi connectivity index (χ3v) is 3.58. The molecule has 0 amide bonds. The molecule has 1 aromatic heterocycles. The number of nitrogens with zero attached hydrogens (tertiary/aromatic N) is 1. The van der Waals surface area contributed by atoms with Crippen LogP contribution in [-0.4, -0.2) is 10.6 Å². The van der Waals surface area contributed by atoms with Gasteiger partial charge in [0.15, 0.2) is 0 Å². The molecular formula is C18H19FN2O. The summed E-state index contributed by atoms with van der Waals surface area (Å²) >= 11 is 0. The minimum absolute atomic E-state index is 0.104. The zero-order valence-electron chi connectivity index (χ0n) is 12.5. The molecule has 0 aliphatic heterocycles. The van der Waals surface area contributed by atoms with Crippen molar-refractivity contribution in [1.29, 1.82) is 0 Å². The van der Waals surface area contributed by atoms with Gasteiger partial charge in [-0.15, -0.1) is 0 Å². The van der Waals surface area contributed by atoms with Crippen molar-refractivity contribution in [3.8, 4) is 5.75 Å². The maximum atomic E-state index is 13.6. The van der Waals surface area contributed by atoms with Crippen molar-refractivity contribution in [3.63, 3.8) is 0 Å². The topological polar surface area (TPSA) is 40.2 Å². The predicted octanol–water partition coefficient (Wildman–Crippen LogP) is 3.71. The number of rotatable bonds is 5. The van der Waals surface area contributed by atoms with Gasteiger partial charge in [0.25, 0.3) is 0 Å².